The molecule has 0 radical (unpaired) electrons. The molecular formula is C15H13BrN2O3. The quantitative estimate of drug-likeness (QED) is 0.666. The Labute approximate surface area is 130 Å². The molecule has 0 unspecified atom stereocenters. The van der Waals surface area contributed by atoms with E-state index in [0.29, 0.717) is 16.8 Å². The largest absolute Gasteiger partial charge is 0.322 e. The number of carbonyl (C=O) groups excluding carboxylic acids is 1. The molecule has 6 heteroatoms. The summed E-state index contributed by atoms with van der Waals surface area (Å²) in [6.07, 6.45) is 0. The summed E-state index contributed by atoms with van der Waals surface area (Å²) < 4.78 is 0.808. The van der Waals surface area contributed by atoms with Crippen molar-refractivity contribution in [1.82, 2.24) is 0 Å². The molecule has 1 N–H and O–H groups in total. The van der Waals surface area contributed by atoms with Crippen molar-refractivity contribution in [3.8, 4) is 0 Å². The number of amides is 1. The van der Waals surface area contributed by atoms with Gasteiger partial charge < -0.3 is 5.32 Å². The third kappa shape index (κ3) is 3.66. The molecule has 2 aromatic carbocycles. The van der Waals surface area contributed by atoms with Crippen LogP contribution in [0.3, 0.4) is 0 Å². The molecule has 2 aromatic rings. The number of nitro benzene ring substituents is 1. The number of aryl methyl sites for hydroxylation is 2. The van der Waals surface area contributed by atoms with Crippen LogP contribution in [0.25, 0.3) is 0 Å². The second-order valence-corrected chi connectivity index (χ2v) is 5.65. The number of hydrogen-bond donors (Lipinski definition) is 1. The maximum atomic E-state index is 12.2. The van der Waals surface area contributed by atoms with Crippen LogP contribution >= 0.6 is 15.9 Å². The van der Waals surface area contributed by atoms with E-state index in [1.807, 2.05) is 13.0 Å². The van der Waals surface area contributed by atoms with E-state index in [2.05, 4.69) is 21.2 Å². The number of benzene rings is 2. The van der Waals surface area contributed by atoms with Gasteiger partial charge in [-0.15, -0.1) is 0 Å². The molecule has 0 atom stereocenters. The van der Waals surface area contributed by atoms with E-state index in [-0.39, 0.29) is 11.6 Å². The van der Waals surface area contributed by atoms with Gasteiger partial charge in [-0.1, -0.05) is 22.0 Å². The van der Waals surface area contributed by atoms with Gasteiger partial charge in [0.05, 0.1) is 4.92 Å². The molecule has 0 saturated carbocycles. The van der Waals surface area contributed by atoms with Crippen LogP contribution in [-0.2, 0) is 0 Å². The van der Waals surface area contributed by atoms with Crippen molar-refractivity contribution < 1.29 is 9.72 Å². The summed E-state index contributed by atoms with van der Waals surface area (Å²) in [6, 6.07) is 9.96. The van der Waals surface area contributed by atoms with E-state index in [9.17, 15) is 14.9 Å². The molecule has 0 saturated heterocycles. The van der Waals surface area contributed by atoms with Crippen LogP contribution in [0.4, 0.5) is 11.4 Å². The normalized spacial score (nSPS) is 10.2. The number of anilines is 1. The molecular weight excluding hydrogens is 336 g/mol. The Kier molecular flexibility index (Phi) is 4.37. The zero-order valence-corrected chi connectivity index (χ0v) is 13.1. The second kappa shape index (κ2) is 6.05. The van der Waals surface area contributed by atoms with E-state index in [1.165, 1.54) is 6.07 Å². The SMILES string of the molecule is Cc1cc(Br)cc(C(=O)Nc2ccc(C)c([N+](=O)[O-])c2)c1. The first-order chi connectivity index (χ1) is 9.86. The monoisotopic (exact) mass is 348 g/mol. The smallest absolute Gasteiger partial charge is 0.274 e. The second-order valence-electron chi connectivity index (χ2n) is 4.73. The number of halogens is 1. The third-order valence-corrected chi connectivity index (χ3v) is 3.43. The van der Waals surface area contributed by atoms with Crippen molar-refractivity contribution in [3.63, 3.8) is 0 Å². The third-order valence-electron chi connectivity index (χ3n) is 2.97. The molecule has 0 spiro atoms. The summed E-state index contributed by atoms with van der Waals surface area (Å²) in [7, 11) is 0. The van der Waals surface area contributed by atoms with Gasteiger partial charge in [0.2, 0.25) is 0 Å². The first-order valence-electron chi connectivity index (χ1n) is 6.20. The van der Waals surface area contributed by atoms with Crippen molar-refractivity contribution in [1.29, 1.82) is 0 Å². The topological polar surface area (TPSA) is 72.2 Å². The lowest BCUT2D eigenvalue weighted by Gasteiger charge is -2.07. The Morgan fingerprint density at radius 1 is 1.19 bits per heavy atom. The summed E-state index contributed by atoms with van der Waals surface area (Å²) in [5.41, 5.74) is 2.37. The Morgan fingerprint density at radius 2 is 1.90 bits per heavy atom. The summed E-state index contributed by atoms with van der Waals surface area (Å²) in [6.45, 7) is 3.54. The summed E-state index contributed by atoms with van der Waals surface area (Å²) >= 11 is 3.34. The van der Waals surface area contributed by atoms with E-state index in [1.54, 1.807) is 31.2 Å². The number of hydrogen-bond acceptors (Lipinski definition) is 3. The van der Waals surface area contributed by atoms with Gasteiger partial charge in [0.1, 0.15) is 0 Å². The lowest BCUT2D eigenvalue weighted by atomic mass is 10.1. The first kappa shape index (κ1) is 15.2. The minimum absolute atomic E-state index is 0.0155. The molecule has 0 aliphatic heterocycles. The molecule has 2 rings (SSSR count). The molecule has 108 valence electrons. The average Bonchev–Trinajstić information content (AvgIpc) is 2.39. The number of nitrogens with zero attached hydrogens (tertiary/aromatic N) is 1. The summed E-state index contributed by atoms with van der Waals surface area (Å²) in [5.74, 6) is -0.308. The Morgan fingerprint density at radius 3 is 2.52 bits per heavy atom. The highest BCUT2D eigenvalue weighted by molar-refractivity contribution is 9.10. The molecule has 0 heterocycles. The molecule has 0 bridgehead atoms. The molecule has 0 aliphatic carbocycles. The zero-order chi connectivity index (χ0) is 15.6. The van der Waals surface area contributed by atoms with Gasteiger partial charge in [-0.3, -0.25) is 14.9 Å². The predicted octanol–water partition coefficient (Wildman–Crippen LogP) is 4.23. The predicted molar refractivity (Wildman–Crippen MR) is 84.7 cm³/mol. The van der Waals surface area contributed by atoms with Crippen molar-refractivity contribution in [2.45, 2.75) is 13.8 Å². The molecule has 0 fully saturated rings. The zero-order valence-electron chi connectivity index (χ0n) is 11.5. The Hall–Kier alpha value is -2.21. The van der Waals surface area contributed by atoms with Crippen molar-refractivity contribution in [2.75, 3.05) is 5.32 Å². The Bertz CT molecular complexity index is 709. The van der Waals surface area contributed by atoms with Gasteiger partial charge in [0.15, 0.2) is 0 Å². The fourth-order valence-electron chi connectivity index (χ4n) is 1.95. The van der Waals surface area contributed by atoms with Gasteiger partial charge in [-0.25, -0.2) is 0 Å². The fourth-order valence-corrected chi connectivity index (χ4v) is 2.56. The summed E-state index contributed by atoms with van der Waals surface area (Å²) in [4.78, 5) is 22.6. The average molecular weight is 349 g/mol. The first-order valence-corrected chi connectivity index (χ1v) is 6.99. The van der Waals surface area contributed by atoms with Gasteiger partial charge in [0, 0.05) is 27.4 Å². The number of nitro groups is 1. The minimum Gasteiger partial charge on any atom is -0.322 e. The molecule has 0 aromatic heterocycles. The minimum atomic E-state index is -0.464. The van der Waals surface area contributed by atoms with Gasteiger partial charge in [-0.05, 0) is 43.7 Å². The molecule has 21 heavy (non-hydrogen) atoms. The van der Waals surface area contributed by atoms with Crippen LogP contribution in [0.2, 0.25) is 0 Å². The van der Waals surface area contributed by atoms with Crippen molar-refractivity contribution in [2.24, 2.45) is 0 Å². The molecule has 1 amide bonds. The molecule has 0 aliphatic rings. The standard InChI is InChI=1S/C15H13BrN2O3/c1-9-5-11(7-12(16)6-9)15(19)17-13-4-3-10(2)14(8-13)18(20)21/h3-8H,1-2H3,(H,17,19). The number of nitrogens with one attached hydrogen (secondary N) is 1. The van der Waals surface area contributed by atoms with E-state index in [0.717, 1.165) is 10.0 Å². The van der Waals surface area contributed by atoms with Crippen molar-refractivity contribution >= 4 is 33.2 Å². The van der Waals surface area contributed by atoms with Crippen LogP contribution < -0.4 is 5.32 Å². The Balaban J connectivity index is 2.27. The lowest BCUT2D eigenvalue weighted by Crippen LogP contribution is -2.12. The van der Waals surface area contributed by atoms with Crippen LogP contribution in [0.15, 0.2) is 40.9 Å². The summed E-state index contributed by atoms with van der Waals surface area (Å²) in [5, 5.41) is 13.6. The van der Waals surface area contributed by atoms with E-state index < -0.39 is 4.92 Å². The fraction of sp³-hybridized carbons (Fsp3) is 0.133. The number of rotatable bonds is 3. The highest BCUT2D eigenvalue weighted by atomic mass is 79.9. The maximum Gasteiger partial charge on any atom is 0.274 e. The maximum absolute atomic E-state index is 12.2. The van der Waals surface area contributed by atoms with Crippen LogP contribution in [0, 0.1) is 24.0 Å². The van der Waals surface area contributed by atoms with Crippen LogP contribution in [0.5, 0.6) is 0 Å². The lowest BCUT2D eigenvalue weighted by molar-refractivity contribution is -0.385. The van der Waals surface area contributed by atoms with E-state index >= 15 is 0 Å². The molecule has 5 nitrogen and oxygen atoms in total. The van der Waals surface area contributed by atoms with Gasteiger partial charge in [0.25, 0.3) is 11.6 Å². The number of carbonyl (C=O) groups is 1. The van der Waals surface area contributed by atoms with Crippen LogP contribution in [-0.4, -0.2) is 10.8 Å². The van der Waals surface area contributed by atoms with E-state index in [4.69, 9.17) is 0 Å². The van der Waals surface area contributed by atoms with Crippen molar-refractivity contribution in [3.05, 3.63) is 67.7 Å². The van der Waals surface area contributed by atoms with Gasteiger partial charge in [-0.2, -0.15) is 0 Å². The van der Waals surface area contributed by atoms with Crippen LogP contribution in [0.1, 0.15) is 21.5 Å². The van der Waals surface area contributed by atoms with Gasteiger partial charge >= 0.3 is 0 Å². The highest BCUT2D eigenvalue weighted by Crippen LogP contribution is 2.23. The highest BCUT2D eigenvalue weighted by Gasteiger charge is 2.13.